The number of amides is 2. The number of benzene rings is 2. The zero-order chi connectivity index (χ0) is 21.3. The van der Waals surface area contributed by atoms with Crippen molar-refractivity contribution in [2.24, 2.45) is 0 Å². The maximum atomic E-state index is 12.4. The molecule has 0 aliphatic carbocycles. The predicted molar refractivity (Wildman–Crippen MR) is 114 cm³/mol. The minimum atomic E-state index is -2.89. The van der Waals surface area contributed by atoms with E-state index in [-0.39, 0.29) is 5.75 Å². The van der Waals surface area contributed by atoms with Crippen molar-refractivity contribution in [1.82, 2.24) is 10.3 Å². The Labute approximate surface area is 177 Å². The first-order valence-electron chi connectivity index (χ1n) is 9.24. The summed E-state index contributed by atoms with van der Waals surface area (Å²) in [4.78, 5) is 16.6. The fourth-order valence-electron chi connectivity index (χ4n) is 2.74. The van der Waals surface area contributed by atoms with Crippen LogP contribution in [0.3, 0.4) is 0 Å². The van der Waals surface area contributed by atoms with Gasteiger partial charge in [0.05, 0.1) is 11.1 Å². The van der Waals surface area contributed by atoms with Crippen molar-refractivity contribution in [3.63, 3.8) is 0 Å². The van der Waals surface area contributed by atoms with Crippen molar-refractivity contribution in [3.05, 3.63) is 84.1 Å². The maximum absolute atomic E-state index is 12.4. The summed E-state index contributed by atoms with van der Waals surface area (Å²) in [6, 6.07) is 18.8. The highest BCUT2D eigenvalue weighted by atomic mass is 32.2. The zero-order valence-corrected chi connectivity index (χ0v) is 17.0. The van der Waals surface area contributed by atoms with E-state index in [1.54, 1.807) is 43.1 Å². The minimum Gasteiger partial charge on any atom is -0.435 e. The summed E-state index contributed by atoms with van der Waals surface area (Å²) < 4.78 is 29.2. The van der Waals surface area contributed by atoms with Crippen LogP contribution in [0.25, 0.3) is 0 Å². The molecule has 2 N–H and O–H groups in total. The van der Waals surface area contributed by atoms with Gasteiger partial charge in [-0.2, -0.15) is 8.78 Å². The Morgan fingerprint density at radius 2 is 1.93 bits per heavy atom. The molecule has 0 spiro atoms. The molecule has 156 valence electrons. The molecule has 0 saturated heterocycles. The molecule has 3 aromatic rings. The second-order valence-corrected chi connectivity index (χ2v) is 7.42. The molecule has 0 saturated carbocycles. The summed E-state index contributed by atoms with van der Waals surface area (Å²) >= 11 is 1.61. The van der Waals surface area contributed by atoms with Crippen molar-refractivity contribution >= 4 is 23.5 Å². The van der Waals surface area contributed by atoms with Crippen molar-refractivity contribution in [2.45, 2.75) is 30.4 Å². The predicted octanol–water partition coefficient (Wildman–Crippen LogP) is 5.86. The van der Waals surface area contributed by atoms with E-state index in [1.165, 1.54) is 12.1 Å². The Morgan fingerprint density at radius 3 is 2.70 bits per heavy atom. The third-order valence-corrected chi connectivity index (χ3v) is 5.16. The van der Waals surface area contributed by atoms with Gasteiger partial charge in [-0.3, -0.25) is 0 Å². The molecule has 1 atom stereocenters. The van der Waals surface area contributed by atoms with Gasteiger partial charge in [0, 0.05) is 17.6 Å². The number of nitrogens with one attached hydrogen (secondary N) is 2. The number of hydrogen-bond donors (Lipinski definition) is 2. The number of aromatic nitrogens is 1. The van der Waals surface area contributed by atoms with Gasteiger partial charge >= 0.3 is 12.6 Å². The smallest absolute Gasteiger partial charge is 0.387 e. The second kappa shape index (κ2) is 10.6. The highest BCUT2D eigenvalue weighted by molar-refractivity contribution is 7.98. The molecule has 2 amide bonds. The Bertz CT molecular complexity index is 973. The van der Waals surface area contributed by atoms with Crippen LogP contribution in [0.2, 0.25) is 0 Å². The van der Waals surface area contributed by atoms with Crippen LogP contribution < -0.4 is 15.4 Å². The topological polar surface area (TPSA) is 63.2 Å². The van der Waals surface area contributed by atoms with Crippen LogP contribution in [0.4, 0.5) is 19.3 Å². The average molecular weight is 429 g/mol. The van der Waals surface area contributed by atoms with E-state index >= 15 is 0 Å². The molecule has 0 radical (unpaired) electrons. The number of ether oxygens (including phenoxy) is 1. The van der Waals surface area contributed by atoms with Gasteiger partial charge in [0.25, 0.3) is 0 Å². The quantitative estimate of drug-likeness (QED) is 0.441. The number of alkyl halides is 2. The molecule has 0 bridgehead atoms. The summed E-state index contributed by atoms with van der Waals surface area (Å²) in [6.45, 7) is -1.13. The molecule has 8 heteroatoms. The fraction of sp³-hybridized carbons (Fsp3) is 0.182. The van der Waals surface area contributed by atoms with Crippen molar-refractivity contribution < 1.29 is 18.3 Å². The van der Waals surface area contributed by atoms with Crippen LogP contribution in [0, 0.1) is 0 Å². The Hall–Kier alpha value is -3.13. The number of anilines is 1. The van der Waals surface area contributed by atoms with E-state index in [0.29, 0.717) is 11.3 Å². The van der Waals surface area contributed by atoms with E-state index in [9.17, 15) is 13.6 Å². The molecule has 3 rings (SSSR count). The van der Waals surface area contributed by atoms with E-state index < -0.39 is 18.7 Å². The van der Waals surface area contributed by atoms with Crippen LogP contribution in [0.5, 0.6) is 5.75 Å². The summed E-state index contributed by atoms with van der Waals surface area (Å²) in [5.41, 5.74) is 2.37. The highest BCUT2D eigenvalue weighted by Gasteiger charge is 2.12. The van der Waals surface area contributed by atoms with E-state index in [4.69, 9.17) is 0 Å². The number of urea groups is 1. The molecule has 0 fully saturated rings. The zero-order valence-electron chi connectivity index (χ0n) is 16.2. The fourth-order valence-corrected chi connectivity index (χ4v) is 3.54. The van der Waals surface area contributed by atoms with E-state index in [0.717, 1.165) is 16.3 Å². The number of halogens is 2. The van der Waals surface area contributed by atoms with Crippen molar-refractivity contribution in [1.29, 1.82) is 0 Å². The summed E-state index contributed by atoms with van der Waals surface area (Å²) in [7, 11) is 0. The highest BCUT2D eigenvalue weighted by Crippen LogP contribution is 2.23. The summed E-state index contributed by atoms with van der Waals surface area (Å²) in [5.74, 6) is 0.774. The van der Waals surface area contributed by atoms with Gasteiger partial charge in [-0.05, 0) is 54.4 Å². The average Bonchev–Trinajstić information content (AvgIpc) is 2.73. The van der Waals surface area contributed by atoms with Crippen LogP contribution in [-0.4, -0.2) is 17.6 Å². The monoisotopic (exact) mass is 429 g/mol. The van der Waals surface area contributed by atoms with Gasteiger partial charge in [0.2, 0.25) is 0 Å². The number of thioether (sulfide) groups is 1. The SMILES string of the molecule is CC(NC(=O)Nc1cccc(CSc2ccccn2)c1)c1cccc(OC(F)F)c1. The molecule has 1 unspecified atom stereocenters. The van der Waals surface area contributed by atoms with Gasteiger partial charge in [0.15, 0.2) is 0 Å². The molecule has 1 aromatic heterocycles. The van der Waals surface area contributed by atoms with Crippen LogP contribution in [0.15, 0.2) is 78.0 Å². The first-order valence-corrected chi connectivity index (χ1v) is 10.2. The molecule has 0 aliphatic rings. The van der Waals surface area contributed by atoms with E-state index in [1.807, 2.05) is 36.4 Å². The number of rotatable bonds is 8. The lowest BCUT2D eigenvalue weighted by Gasteiger charge is -2.16. The Balaban J connectivity index is 1.55. The molecule has 1 heterocycles. The molecule has 2 aromatic carbocycles. The number of carbonyl (C=O) groups is 1. The molecular formula is C22H21F2N3O2S. The van der Waals surface area contributed by atoms with Gasteiger partial charge in [-0.25, -0.2) is 9.78 Å². The van der Waals surface area contributed by atoms with Crippen LogP contribution >= 0.6 is 11.8 Å². The standard InChI is InChI=1S/C22H21F2N3O2S/c1-15(17-7-5-9-19(13-17)29-21(23)24)26-22(28)27-18-8-4-6-16(12-18)14-30-20-10-2-3-11-25-20/h2-13,15,21H,14H2,1H3,(H2,26,27,28). The molecule has 30 heavy (non-hydrogen) atoms. The summed E-state index contributed by atoms with van der Waals surface area (Å²) in [6.07, 6.45) is 1.75. The first-order chi connectivity index (χ1) is 14.5. The first kappa shape index (κ1) is 21.6. The van der Waals surface area contributed by atoms with Crippen LogP contribution in [-0.2, 0) is 5.75 Å². The Kier molecular flexibility index (Phi) is 7.62. The third-order valence-electron chi connectivity index (χ3n) is 4.14. The van der Waals surface area contributed by atoms with Gasteiger partial charge in [0.1, 0.15) is 5.75 Å². The number of pyridine rings is 1. The summed E-state index contributed by atoms with van der Waals surface area (Å²) in [5, 5.41) is 6.53. The number of nitrogens with zero attached hydrogens (tertiary/aromatic N) is 1. The molecule has 5 nitrogen and oxygen atoms in total. The van der Waals surface area contributed by atoms with Crippen molar-refractivity contribution in [3.8, 4) is 5.75 Å². The second-order valence-electron chi connectivity index (χ2n) is 6.43. The van der Waals surface area contributed by atoms with Crippen molar-refractivity contribution in [2.75, 3.05) is 5.32 Å². The van der Waals surface area contributed by atoms with E-state index in [2.05, 4.69) is 20.4 Å². The lowest BCUT2D eigenvalue weighted by atomic mass is 10.1. The largest absolute Gasteiger partial charge is 0.435 e. The lowest BCUT2D eigenvalue weighted by molar-refractivity contribution is -0.0499. The normalized spacial score (nSPS) is 11.7. The number of hydrogen-bond acceptors (Lipinski definition) is 4. The lowest BCUT2D eigenvalue weighted by Crippen LogP contribution is -2.31. The van der Waals surface area contributed by atoms with Gasteiger partial charge in [-0.1, -0.05) is 30.3 Å². The Morgan fingerprint density at radius 1 is 1.10 bits per heavy atom. The van der Waals surface area contributed by atoms with Gasteiger partial charge in [-0.15, -0.1) is 11.8 Å². The number of carbonyl (C=O) groups excluding carboxylic acids is 1. The minimum absolute atomic E-state index is 0.0506. The maximum Gasteiger partial charge on any atom is 0.387 e. The molecule has 0 aliphatic heterocycles. The van der Waals surface area contributed by atoms with Crippen LogP contribution in [0.1, 0.15) is 24.1 Å². The van der Waals surface area contributed by atoms with Gasteiger partial charge < -0.3 is 15.4 Å². The third kappa shape index (κ3) is 6.73. The molecular weight excluding hydrogens is 408 g/mol.